The lowest BCUT2D eigenvalue weighted by Gasteiger charge is -2.19. The Balaban J connectivity index is 2.42. The molecule has 1 aromatic rings. The van der Waals surface area contributed by atoms with Crippen LogP contribution in [0.3, 0.4) is 0 Å². The van der Waals surface area contributed by atoms with Crippen LogP contribution in [0, 0.1) is 0 Å². The number of hydrogen-bond acceptors (Lipinski definition) is 3. The van der Waals surface area contributed by atoms with Crippen molar-refractivity contribution in [1.82, 2.24) is 0 Å². The summed E-state index contributed by atoms with van der Waals surface area (Å²) < 4.78 is 5.42. The van der Waals surface area contributed by atoms with Crippen LogP contribution in [0.15, 0.2) is 35.7 Å². The number of hydrogen-bond donors (Lipinski definition) is 1. The Hall–Kier alpha value is -1.77. The van der Waals surface area contributed by atoms with Crippen LogP contribution in [0.2, 0.25) is 0 Å². The zero-order valence-corrected chi connectivity index (χ0v) is 7.20. The number of aldehydes is 1. The van der Waals surface area contributed by atoms with Crippen LogP contribution in [-0.2, 0) is 4.79 Å². The average Bonchev–Trinajstić information content (AvgIpc) is 2.17. The highest BCUT2D eigenvalue weighted by Gasteiger charge is 2.14. The first-order chi connectivity index (χ1) is 6.31. The standard InChI is InChI=1S/C10H9NO2/c1-7-9(6-12)11-8-4-2-3-5-10(8)13-7/h2-6,11H,1H3. The van der Waals surface area contributed by atoms with Crippen LogP contribution in [0.1, 0.15) is 6.92 Å². The summed E-state index contributed by atoms with van der Waals surface area (Å²) >= 11 is 0. The summed E-state index contributed by atoms with van der Waals surface area (Å²) in [7, 11) is 0. The first-order valence-electron chi connectivity index (χ1n) is 4.01. The molecule has 3 nitrogen and oxygen atoms in total. The molecular formula is C10H9NO2. The van der Waals surface area contributed by atoms with E-state index in [0.29, 0.717) is 11.5 Å². The number of allylic oxidation sites excluding steroid dienone is 2. The largest absolute Gasteiger partial charge is 0.458 e. The number of rotatable bonds is 1. The Bertz CT molecular complexity index is 382. The molecule has 0 spiro atoms. The second kappa shape index (κ2) is 2.94. The lowest BCUT2D eigenvalue weighted by atomic mass is 10.2. The van der Waals surface area contributed by atoms with Crippen molar-refractivity contribution in [2.75, 3.05) is 5.32 Å². The van der Waals surface area contributed by atoms with Gasteiger partial charge in [0, 0.05) is 0 Å². The van der Waals surface area contributed by atoms with Crippen LogP contribution in [-0.4, -0.2) is 6.29 Å². The molecule has 0 unspecified atom stereocenters. The predicted octanol–water partition coefficient (Wildman–Crippen LogP) is 1.92. The normalized spacial score (nSPS) is 14.2. The van der Waals surface area contributed by atoms with E-state index in [2.05, 4.69) is 5.32 Å². The molecule has 0 saturated carbocycles. The molecule has 0 radical (unpaired) electrons. The molecule has 2 rings (SSSR count). The monoisotopic (exact) mass is 175 g/mol. The highest BCUT2D eigenvalue weighted by Crippen LogP contribution is 2.30. The van der Waals surface area contributed by atoms with Gasteiger partial charge in [-0.1, -0.05) is 12.1 Å². The number of benzene rings is 1. The third-order valence-electron chi connectivity index (χ3n) is 1.92. The Morgan fingerprint density at radius 1 is 1.38 bits per heavy atom. The van der Waals surface area contributed by atoms with E-state index in [0.717, 1.165) is 17.7 Å². The van der Waals surface area contributed by atoms with Gasteiger partial charge in [-0.2, -0.15) is 0 Å². The third kappa shape index (κ3) is 1.28. The van der Waals surface area contributed by atoms with Crippen molar-refractivity contribution in [3.8, 4) is 5.75 Å². The molecule has 1 aliphatic rings. The SMILES string of the molecule is CC1=C(C=O)Nc2ccccc2O1. The van der Waals surface area contributed by atoms with Crippen molar-refractivity contribution >= 4 is 12.0 Å². The maximum Gasteiger partial charge on any atom is 0.169 e. The summed E-state index contributed by atoms with van der Waals surface area (Å²) in [6, 6.07) is 7.50. The van der Waals surface area contributed by atoms with Gasteiger partial charge in [0.1, 0.15) is 17.2 Å². The summed E-state index contributed by atoms with van der Waals surface area (Å²) in [5.41, 5.74) is 1.31. The molecule has 0 aromatic heterocycles. The van der Waals surface area contributed by atoms with Gasteiger partial charge in [0.25, 0.3) is 0 Å². The summed E-state index contributed by atoms with van der Waals surface area (Å²) in [4.78, 5) is 10.6. The number of carbonyl (C=O) groups excluding carboxylic acids is 1. The van der Waals surface area contributed by atoms with E-state index < -0.39 is 0 Å². The molecule has 0 bridgehead atoms. The number of carbonyl (C=O) groups is 1. The van der Waals surface area contributed by atoms with Crippen molar-refractivity contribution < 1.29 is 9.53 Å². The zero-order valence-electron chi connectivity index (χ0n) is 7.20. The van der Waals surface area contributed by atoms with Gasteiger partial charge in [-0.05, 0) is 19.1 Å². The number of fused-ring (bicyclic) bond motifs is 1. The topological polar surface area (TPSA) is 38.3 Å². The van der Waals surface area contributed by atoms with Crippen LogP contribution in [0.4, 0.5) is 5.69 Å². The minimum atomic E-state index is 0.485. The van der Waals surface area contributed by atoms with Gasteiger partial charge < -0.3 is 10.1 Å². The molecular weight excluding hydrogens is 166 g/mol. The Morgan fingerprint density at radius 3 is 2.92 bits per heavy atom. The van der Waals surface area contributed by atoms with Gasteiger partial charge in [0.05, 0.1) is 5.69 Å². The third-order valence-corrected chi connectivity index (χ3v) is 1.92. The molecule has 13 heavy (non-hydrogen) atoms. The van der Waals surface area contributed by atoms with Crippen molar-refractivity contribution in [1.29, 1.82) is 0 Å². The summed E-state index contributed by atoms with van der Waals surface area (Å²) in [5.74, 6) is 1.36. The van der Waals surface area contributed by atoms with E-state index in [4.69, 9.17) is 4.74 Å². The molecule has 0 saturated heterocycles. The van der Waals surface area contributed by atoms with Crippen molar-refractivity contribution in [2.45, 2.75) is 6.92 Å². The fraction of sp³-hybridized carbons (Fsp3) is 0.100. The first kappa shape index (κ1) is 7.86. The van der Waals surface area contributed by atoms with E-state index in [9.17, 15) is 4.79 Å². The molecule has 1 aromatic carbocycles. The minimum Gasteiger partial charge on any atom is -0.458 e. The van der Waals surface area contributed by atoms with E-state index in [1.54, 1.807) is 6.92 Å². The quantitative estimate of drug-likeness (QED) is 0.662. The zero-order chi connectivity index (χ0) is 9.26. The van der Waals surface area contributed by atoms with E-state index in [1.807, 2.05) is 24.3 Å². The van der Waals surface area contributed by atoms with Gasteiger partial charge >= 0.3 is 0 Å². The smallest absolute Gasteiger partial charge is 0.169 e. The van der Waals surface area contributed by atoms with Crippen LogP contribution >= 0.6 is 0 Å². The maximum atomic E-state index is 10.6. The number of ether oxygens (including phenoxy) is 1. The molecule has 66 valence electrons. The molecule has 0 aliphatic carbocycles. The van der Waals surface area contributed by atoms with Gasteiger partial charge in [-0.25, -0.2) is 0 Å². The Kier molecular flexibility index (Phi) is 1.77. The van der Waals surface area contributed by atoms with E-state index in [1.165, 1.54) is 0 Å². The molecule has 1 N–H and O–H groups in total. The number of para-hydroxylation sites is 2. The summed E-state index contributed by atoms with van der Waals surface area (Å²) in [6.45, 7) is 1.76. The van der Waals surface area contributed by atoms with Crippen LogP contribution in [0.5, 0.6) is 5.75 Å². The number of nitrogens with one attached hydrogen (secondary N) is 1. The molecule has 0 atom stereocenters. The first-order valence-corrected chi connectivity index (χ1v) is 4.01. The van der Waals surface area contributed by atoms with Crippen molar-refractivity contribution in [3.05, 3.63) is 35.7 Å². The second-order valence-corrected chi connectivity index (χ2v) is 2.81. The van der Waals surface area contributed by atoms with Crippen LogP contribution < -0.4 is 10.1 Å². The highest BCUT2D eigenvalue weighted by atomic mass is 16.5. The van der Waals surface area contributed by atoms with E-state index >= 15 is 0 Å². The molecule has 3 heteroatoms. The van der Waals surface area contributed by atoms with Crippen molar-refractivity contribution in [2.24, 2.45) is 0 Å². The van der Waals surface area contributed by atoms with Gasteiger partial charge in [0.2, 0.25) is 0 Å². The molecule has 0 amide bonds. The summed E-state index contributed by atoms with van der Waals surface area (Å²) in [6.07, 6.45) is 0.755. The molecule has 1 heterocycles. The van der Waals surface area contributed by atoms with E-state index in [-0.39, 0.29) is 0 Å². The lowest BCUT2D eigenvalue weighted by Crippen LogP contribution is -2.13. The lowest BCUT2D eigenvalue weighted by molar-refractivity contribution is -0.104. The fourth-order valence-electron chi connectivity index (χ4n) is 1.22. The van der Waals surface area contributed by atoms with Gasteiger partial charge in [-0.3, -0.25) is 4.79 Å². The predicted molar refractivity (Wildman–Crippen MR) is 49.5 cm³/mol. The van der Waals surface area contributed by atoms with Crippen LogP contribution in [0.25, 0.3) is 0 Å². The Morgan fingerprint density at radius 2 is 2.15 bits per heavy atom. The minimum absolute atomic E-state index is 0.485. The Labute approximate surface area is 76.0 Å². The van der Waals surface area contributed by atoms with Gasteiger partial charge in [0.15, 0.2) is 6.29 Å². The average molecular weight is 175 g/mol. The fourth-order valence-corrected chi connectivity index (χ4v) is 1.22. The molecule has 1 aliphatic heterocycles. The highest BCUT2D eigenvalue weighted by molar-refractivity contribution is 5.82. The maximum absolute atomic E-state index is 10.6. The number of anilines is 1. The van der Waals surface area contributed by atoms with Crippen molar-refractivity contribution in [3.63, 3.8) is 0 Å². The second-order valence-electron chi connectivity index (χ2n) is 2.81. The summed E-state index contributed by atoms with van der Waals surface area (Å²) in [5, 5.41) is 2.98. The molecule has 0 fully saturated rings. The van der Waals surface area contributed by atoms with Gasteiger partial charge in [-0.15, -0.1) is 0 Å².